The first kappa shape index (κ1) is 30.9. The molecule has 0 saturated carbocycles. The van der Waals surface area contributed by atoms with Crippen LogP contribution in [-0.4, -0.2) is 72.0 Å². The van der Waals surface area contributed by atoms with Crippen LogP contribution in [0, 0.1) is 11.7 Å². The van der Waals surface area contributed by atoms with Crippen LogP contribution in [0.5, 0.6) is 0 Å². The second-order valence-corrected chi connectivity index (χ2v) is 10.8. The second kappa shape index (κ2) is 14.2. The number of aliphatic imine (C=N–C) groups is 2. The molecule has 0 bridgehead atoms. The molecule has 0 aliphatic carbocycles. The van der Waals surface area contributed by atoms with Crippen molar-refractivity contribution in [2.75, 3.05) is 32.1 Å². The van der Waals surface area contributed by atoms with Gasteiger partial charge in [-0.15, -0.1) is 0 Å². The summed E-state index contributed by atoms with van der Waals surface area (Å²) in [6.45, 7) is 7.21. The van der Waals surface area contributed by atoms with Crippen LogP contribution in [0.25, 0.3) is 5.70 Å². The number of ether oxygens (including phenoxy) is 1. The molecule has 0 spiro atoms. The summed E-state index contributed by atoms with van der Waals surface area (Å²) in [4.78, 5) is 41.7. The number of hydrogen-bond donors (Lipinski definition) is 2. The van der Waals surface area contributed by atoms with E-state index in [0.29, 0.717) is 48.4 Å². The summed E-state index contributed by atoms with van der Waals surface area (Å²) in [6.07, 6.45) is 6.80. The number of nitrogens with one attached hydrogen (secondary N) is 1. The van der Waals surface area contributed by atoms with Gasteiger partial charge < -0.3 is 25.6 Å². The number of carbonyl (C=O) groups excluding carboxylic acids is 2. The lowest BCUT2D eigenvalue weighted by molar-refractivity contribution is -0.136. The minimum atomic E-state index is -0.961. The molecule has 1 fully saturated rings. The molecule has 1 saturated heterocycles. The highest BCUT2D eigenvalue weighted by atomic mass is 31.1. The molecular weight excluding hydrogens is 563 g/mol. The Morgan fingerprint density at radius 1 is 1.29 bits per heavy atom. The summed E-state index contributed by atoms with van der Waals surface area (Å²) < 4.78 is 33.3. The van der Waals surface area contributed by atoms with Gasteiger partial charge in [-0.3, -0.25) is 14.6 Å². The van der Waals surface area contributed by atoms with E-state index >= 15 is 4.39 Å². The number of nitrogens with zero attached hydrogens (tertiary/aromatic N) is 5. The number of rotatable bonds is 10. The van der Waals surface area contributed by atoms with Crippen molar-refractivity contribution in [2.45, 2.75) is 32.2 Å². The minimum absolute atomic E-state index is 0.0550. The largest absolute Gasteiger partial charge is 0.384 e. The molecule has 2 amide bonds. The van der Waals surface area contributed by atoms with Crippen LogP contribution in [0.4, 0.5) is 14.4 Å². The van der Waals surface area contributed by atoms with Gasteiger partial charge in [0.2, 0.25) is 5.91 Å². The molecule has 3 heterocycles. The summed E-state index contributed by atoms with van der Waals surface area (Å²) in [5.41, 5.74) is 7.18. The van der Waals surface area contributed by atoms with E-state index in [1.54, 1.807) is 25.6 Å². The normalized spacial score (nSPS) is 20.0. The fourth-order valence-electron chi connectivity index (χ4n) is 5.07. The molecule has 3 N–H and O–H groups in total. The van der Waals surface area contributed by atoms with Crippen molar-refractivity contribution in [1.29, 1.82) is 0 Å². The summed E-state index contributed by atoms with van der Waals surface area (Å²) in [7, 11) is 0.613. The van der Waals surface area contributed by atoms with Gasteiger partial charge in [0.1, 0.15) is 23.2 Å². The van der Waals surface area contributed by atoms with Crippen LogP contribution in [0.2, 0.25) is 0 Å². The Hall–Kier alpha value is -4.02. The first-order chi connectivity index (χ1) is 20.2. The highest BCUT2D eigenvalue weighted by Gasteiger charge is 2.31. The fraction of sp³-hybridized carbons (Fsp3) is 0.345. The zero-order valence-corrected chi connectivity index (χ0v) is 24.5. The Labute approximate surface area is 245 Å². The van der Waals surface area contributed by atoms with Gasteiger partial charge in [0.25, 0.3) is 5.91 Å². The molecular formula is C29H34F2N7O3P. The molecule has 1 unspecified atom stereocenters. The molecule has 2 aliphatic rings. The molecule has 1 aromatic carbocycles. The van der Waals surface area contributed by atoms with Gasteiger partial charge in [0.15, 0.2) is 0 Å². The second-order valence-electron chi connectivity index (χ2n) is 10.1. The average Bonchev–Trinajstić information content (AvgIpc) is 2.98. The smallest absolute Gasteiger partial charge is 0.259 e. The topological polar surface area (TPSA) is 126 Å². The number of aromatic nitrogens is 1. The number of amidine groups is 1. The lowest BCUT2D eigenvalue weighted by atomic mass is 9.92. The predicted molar refractivity (Wildman–Crippen MR) is 162 cm³/mol. The van der Waals surface area contributed by atoms with Crippen LogP contribution in [0.1, 0.15) is 42.1 Å². The summed E-state index contributed by atoms with van der Waals surface area (Å²) in [5.74, 6) is -1.04. The highest BCUT2D eigenvalue weighted by Crippen LogP contribution is 2.30. The molecule has 13 heteroatoms. The molecule has 2 aromatic rings. The van der Waals surface area contributed by atoms with Gasteiger partial charge in [-0.25, -0.2) is 18.6 Å². The van der Waals surface area contributed by atoms with Crippen LogP contribution in [0.3, 0.4) is 0 Å². The van der Waals surface area contributed by atoms with Crippen LogP contribution in [-0.2, 0) is 9.53 Å². The first-order valence-electron chi connectivity index (χ1n) is 13.5. The molecule has 2 aliphatic heterocycles. The zero-order chi connectivity index (χ0) is 30.2. The Morgan fingerprint density at radius 3 is 2.81 bits per heavy atom. The van der Waals surface area contributed by atoms with Crippen molar-refractivity contribution in [3.8, 4) is 0 Å². The third kappa shape index (κ3) is 7.24. The van der Waals surface area contributed by atoms with Gasteiger partial charge in [0, 0.05) is 55.7 Å². The molecule has 4 rings (SSSR count). The van der Waals surface area contributed by atoms with Crippen LogP contribution < -0.4 is 16.4 Å². The standard InChI is InChI=1S/C29H34F2N7O3P/c1-18-4-5-19(17-38(18)25(39)9-13-41-3)16-37-12-11-35-28(32)27(37)26(33-2)20-6-7-22(23(30)14-20)29(40)36-24-15-21(42-31)8-10-34-24/h6-8,10-12,14-15,18-19,42H,2,4-5,9,13,16-17H2,1,3H3,(H2,32,35)(H,34,36,40)/b27-26-/t18-,19-/m0/s1. The van der Waals surface area contributed by atoms with E-state index in [2.05, 4.69) is 27.0 Å². The van der Waals surface area contributed by atoms with Gasteiger partial charge in [0.05, 0.1) is 33.2 Å². The fourth-order valence-corrected chi connectivity index (χ4v) is 5.40. The molecule has 1 aromatic heterocycles. The molecule has 222 valence electrons. The van der Waals surface area contributed by atoms with Gasteiger partial charge >= 0.3 is 0 Å². The van der Waals surface area contributed by atoms with E-state index in [4.69, 9.17) is 10.5 Å². The average molecular weight is 598 g/mol. The van der Waals surface area contributed by atoms with Gasteiger partial charge in [-0.2, -0.15) is 0 Å². The molecule has 42 heavy (non-hydrogen) atoms. The van der Waals surface area contributed by atoms with E-state index in [0.717, 1.165) is 12.8 Å². The van der Waals surface area contributed by atoms with Gasteiger partial charge in [-0.05, 0) is 56.7 Å². The number of piperidine rings is 1. The third-order valence-electron chi connectivity index (χ3n) is 7.25. The summed E-state index contributed by atoms with van der Waals surface area (Å²) in [6, 6.07) is 7.08. The van der Waals surface area contributed by atoms with Crippen molar-refractivity contribution in [3.63, 3.8) is 0 Å². The first-order valence-corrected chi connectivity index (χ1v) is 14.3. The quantitative estimate of drug-likeness (QED) is 0.317. The maximum Gasteiger partial charge on any atom is 0.259 e. The van der Waals surface area contributed by atoms with E-state index in [1.165, 1.54) is 30.5 Å². The number of amides is 2. The van der Waals surface area contributed by atoms with E-state index in [1.807, 2.05) is 16.7 Å². The Kier molecular flexibility index (Phi) is 10.5. The maximum atomic E-state index is 15.3. The zero-order valence-electron chi connectivity index (χ0n) is 23.5. The number of carbonyl (C=O) groups is 2. The summed E-state index contributed by atoms with van der Waals surface area (Å²) >= 11 is 0. The lowest BCUT2D eigenvalue weighted by Crippen LogP contribution is -2.48. The monoisotopic (exact) mass is 597 g/mol. The van der Waals surface area contributed by atoms with Crippen molar-refractivity contribution >= 4 is 50.1 Å². The maximum absolute atomic E-state index is 15.3. The van der Waals surface area contributed by atoms with E-state index < -0.39 is 20.6 Å². The van der Waals surface area contributed by atoms with Gasteiger partial charge in [-0.1, -0.05) is 6.07 Å². The number of anilines is 1. The number of methoxy groups -OCH3 is 1. The number of nitrogens with two attached hydrogens (primary N) is 1. The Morgan fingerprint density at radius 2 is 2.10 bits per heavy atom. The third-order valence-corrected chi connectivity index (χ3v) is 7.77. The minimum Gasteiger partial charge on any atom is -0.384 e. The highest BCUT2D eigenvalue weighted by molar-refractivity contribution is 7.41. The van der Waals surface area contributed by atoms with Crippen molar-refractivity contribution < 1.29 is 22.9 Å². The molecule has 3 atom stereocenters. The summed E-state index contributed by atoms with van der Waals surface area (Å²) in [5, 5.41) is 2.86. The number of halogens is 2. The predicted octanol–water partition coefficient (Wildman–Crippen LogP) is 3.84. The van der Waals surface area contributed by atoms with E-state index in [-0.39, 0.29) is 35.1 Å². The molecule has 10 nitrogen and oxygen atoms in total. The Bertz CT molecular complexity index is 1430. The Balaban J connectivity index is 1.56. The van der Waals surface area contributed by atoms with Crippen molar-refractivity contribution in [1.82, 2.24) is 14.8 Å². The number of hydrogen-bond acceptors (Lipinski definition) is 8. The van der Waals surface area contributed by atoms with Crippen LogP contribution in [0.15, 0.2) is 64.6 Å². The molecule has 0 radical (unpaired) electrons. The number of likely N-dealkylation sites (tertiary alicyclic amines) is 1. The number of pyridine rings is 1. The lowest BCUT2D eigenvalue weighted by Gasteiger charge is -2.40. The number of benzene rings is 1. The van der Waals surface area contributed by atoms with E-state index in [9.17, 15) is 13.8 Å². The van der Waals surface area contributed by atoms with Crippen molar-refractivity contribution in [2.24, 2.45) is 21.6 Å². The van der Waals surface area contributed by atoms with Crippen molar-refractivity contribution in [3.05, 3.63) is 71.6 Å². The van der Waals surface area contributed by atoms with Crippen LogP contribution >= 0.6 is 8.89 Å². The SMILES string of the molecule is C=N/C(=C1/C(N)=NC=CN1C[C@@H]1CC[C@H](C)N(C(=O)CCOC)C1)c1ccc(C(=O)Nc2cc(PF)ccn2)c(F)c1.